The molecular formula is C20H18FNO4. The minimum absolute atomic E-state index is 0.0220. The molecule has 0 bridgehead atoms. The molecule has 0 spiro atoms. The average Bonchev–Trinajstić information content (AvgIpc) is 2.65. The molecule has 0 N–H and O–H groups in total. The summed E-state index contributed by atoms with van der Waals surface area (Å²) in [5.41, 5.74) is -1.25. The van der Waals surface area contributed by atoms with E-state index in [2.05, 4.69) is 6.58 Å². The molecule has 0 aromatic heterocycles. The molecule has 2 rings (SSSR count). The van der Waals surface area contributed by atoms with Crippen molar-refractivity contribution in [2.45, 2.75) is 12.5 Å². The second kappa shape index (κ2) is 8.17. The summed E-state index contributed by atoms with van der Waals surface area (Å²) in [6.45, 7) is 5.55. The molecule has 0 aliphatic rings. The van der Waals surface area contributed by atoms with Crippen molar-refractivity contribution >= 4 is 5.97 Å². The molecule has 0 saturated carbocycles. The van der Waals surface area contributed by atoms with Crippen molar-refractivity contribution in [2.24, 2.45) is 0 Å². The maximum Gasteiger partial charge on any atom is 0.370 e. The van der Waals surface area contributed by atoms with E-state index in [0.29, 0.717) is 11.3 Å². The Kier molecular flexibility index (Phi) is 5.97. The summed E-state index contributed by atoms with van der Waals surface area (Å²) in [6.07, 6.45) is 1.57. The Morgan fingerprint density at radius 2 is 2.08 bits per heavy atom. The minimum atomic E-state index is -2.11. The van der Waals surface area contributed by atoms with Crippen LogP contribution >= 0.6 is 0 Å². The predicted octanol–water partition coefficient (Wildman–Crippen LogP) is 3.67. The fourth-order valence-electron chi connectivity index (χ4n) is 2.41. The summed E-state index contributed by atoms with van der Waals surface area (Å²) in [5, 5.41) is 9.83. The molecule has 1 atom stereocenters. The van der Waals surface area contributed by atoms with Gasteiger partial charge in [-0.2, -0.15) is 5.26 Å². The molecule has 2 aromatic rings. The zero-order valence-corrected chi connectivity index (χ0v) is 14.5. The van der Waals surface area contributed by atoms with Gasteiger partial charge in [-0.05, 0) is 36.8 Å². The molecule has 1 unspecified atom stereocenters. The zero-order chi connectivity index (χ0) is 19.2. The Bertz CT molecular complexity index is 859. The summed E-state index contributed by atoms with van der Waals surface area (Å²) in [7, 11) is 1.15. The first-order valence-corrected chi connectivity index (χ1v) is 7.76. The molecule has 5 nitrogen and oxygen atoms in total. The van der Waals surface area contributed by atoms with E-state index >= 15 is 0 Å². The number of hydrogen-bond acceptors (Lipinski definition) is 5. The average molecular weight is 355 g/mol. The largest absolute Gasteiger partial charge is 0.490 e. The molecule has 2 aromatic carbocycles. The molecule has 0 saturated heterocycles. The van der Waals surface area contributed by atoms with E-state index in [-0.39, 0.29) is 17.9 Å². The van der Waals surface area contributed by atoms with Crippen molar-refractivity contribution in [1.29, 1.82) is 5.26 Å². The Hall–Kier alpha value is -3.33. The zero-order valence-electron chi connectivity index (χ0n) is 14.5. The van der Waals surface area contributed by atoms with Crippen LogP contribution in [0.4, 0.5) is 4.39 Å². The number of carbonyl (C=O) groups excluding carboxylic acids is 1. The third-order valence-corrected chi connectivity index (χ3v) is 3.65. The lowest BCUT2D eigenvalue weighted by atomic mass is 9.90. The molecule has 0 fully saturated rings. The van der Waals surface area contributed by atoms with Crippen LogP contribution in [0.2, 0.25) is 0 Å². The second-order valence-electron chi connectivity index (χ2n) is 5.42. The molecular weight excluding hydrogens is 337 g/mol. The van der Waals surface area contributed by atoms with Gasteiger partial charge in [0.25, 0.3) is 0 Å². The molecule has 0 heterocycles. The van der Waals surface area contributed by atoms with Gasteiger partial charge in [-0.3, -0.25) is 0 Å². The van der Waals surface area contributed by atoms with Crippen LogP contribution in [-0.4, -0.2) is 19.7 Å². The summed E-state index contributed by atoms with van der Waals surface area (Å²) >= 11 is 0. The lowest BCUT2D eigenvalue weighted by molar-refractivity contribution is -0.155. The van der Waals surface area contributed by atoms with Gasteiger partial charge in [0, 0.05) is 11.6 Å². The predicted molar refractivity (Wildman–Crippen MR) is 93.2 cm³/mol. The number of aryl methyl sites for hydroxylation is 1. The Morgan fingerprint density at radius 1 is 1.31 bits per heavy atom. The van der Waals surface area contributed by atoms with Gasteiger partial charge >= 0.3 is 11.6 Å². The number of nitrogens with zero attached hydrogens (tertiary/aromatic N) is 1. The van der Waals surface area contributed by atoms with Gasteiger partial charge in [-0.25, -0.2) is 9.18 Å². The molecule has 0 amide bonds. The Morgan fingerprint density at radius 3 is 2.69 bits per heavy atom. The summed E-state index contributed by atoms with van der Waals surface area (Å²) in [5.74, 6) is -1.03. The summed E-state index contributed by atoms with van der Waals surface area (Å²) in [6, 6.07) is 12.0. The van der Waals surface area contributed by atoms with Crippen LogP contribution in [0, 0.1) is 24.1 Å². The summed E-state index contributed by atoms with van der Waals surface area (Å²) < 4.78 is 29.4. The topological polar surface area (TPSA) is 68.5 Å². The quantitative estimate of drug-likeness (QED) is 0.560. The van der Waals surface area contributed by atoms with E-state index in [4.69, 9.17) is 14.2 Å². The van der Waals surface area contributed by atoms with Crippen molar-refractivity contribution < 1.29 is 23.4 Å². The normalized spacial score (nSPS) is 12.4. The van der Waals surface area contributed by atoms with E-state index in [1.54, 1.807) is 25.1 Å². The SMILES string of the molecule is C=CCOc1ccc(C)c(C(C#N)(Oc2cccc(F)c2)C(=O)OC)c1. The number of carbonyl (C=O) groups is 1. The number of esters is 1. The van der Waals surface area contributed by atoms with Gasteiger partial charge in [0.1, 0.15) is 30.0 Å². The second-order valence-corrected chi connectivity index (χ2v) is 5.42. The summed E-state index contributed by atoms with van der Waals surface area (Å²) in [4.78, 5) is 12.5. The van der Waals surface area contributed by atoms with Crippen LogP contribution in [-0.2, 0) is 15.1 Å². The first kappa shape index (κ1) is 19.0. The van der Waals surface area contributed by atoms with Crippen LogP contribution in [0.1, 0.15) is 11.1 Å². The van der Waals surface area contributed by atoms with Crippen molar-refractivity contribution in [2.75, 3.05) is 13.7 Å². The van der Waals surface area contributed by atoms with E-state index in [0.717, 1.165) is 13.2 Å². The van der Waals surface area contributed by atoms with Crippen molar-refractivity contribution in [1.82, 2.24) is 0 Å². The first-order valence-electron chi connectivity index (χ1n) is 7.76. The third kappa shape index (κ3) is 3.83. The smallest absolute Gasteiger partial charge is 0.370 e. The lowest BCUT2D eigenvalue weighted by Gasteiger charge is -2.27. The van der Waals surface area contributed by atoms with Crippen LogP contribution in [0.3, 0.4) is 0 Å². The van der Waals surface area contributed by atoms with Crippen molar-refractivity contribution in [3.8, 4) is 17.6 Å². The van der Waals surface area contributed by atoms with Gasteiger partial charge in [0.2, 0.25) is 0 Å². The van der Waals surface area contributed by atoms with E-state index in [9.17, 15) is 14.4 Å². The highest BCUT2D eigenvalue weighted by atomic mass is 19.1. The number of halogens is 1. The van der Waals surface area contributed by atoms with E-state index in [1.807, 2.05) is 6.07 Å². The maximum atomic E-state index is 13.5. The number of methoxy groups -OCH3 is 1. The fraction of sp³-hybridized carbons (Fsp3) is 0.200. The Balaban J connectivity index is 2.59. The van der Waals surface area contributed by atoms with Crippen molar-refractivity contribution in [3.05, 3.63) is 72.1 Å². The molecule has 0 aliphatic heterocycles. The van der Waals surface area contributed by atoms with Gasteiger partial charge < -0.3 is 14.2 Å². The van der Waals surface area contributed by atoms with E-state index < -0.39 is 17.4 Å². The number of nitriles is 1. The van der Waals surface area contributed by atoms with Crippen molar-refractivity contribution in [3.63, 3.8) is 0 Å². The Labute approximate surface area is 151 Å². The maximum absolute atomic E-state index is 13.5. The molecule has 134 valence electrons. The fourth-order valence-corrected chi connectivity index (χ4v) is 2.41. The van der Waals surface area contributed by atoms with Crippen LogP contribution in [0.5, 0.6) is 11.5 Å². The third-order valence-electron chi connectivity index (χ3n) is 3.65. The molecule has 0 aliphatic carbocycles. The van der Waals surface area contributed by atoms with Crippen LogP contribution in [0.15, 0.2) is 55.1 Å². The number of ether oxygens (including phenoxy) is 3. The minimum Gasteiger partial charge on any atom is -0.490 e. The number of benzene rings is 2. The van der Waals surface area contributed by atoms with E-state index in [1.165, 1.54) is 24.3 Å². The monoisotopic (exact) mass is 355 g/mol. The first-order chi connectivity index (χ1) is 12.5. The number of rotatable bonds is 7. The van der Waals surface area contributed by atoms with Gasteiger partial charge in [0.05, 0.1) is 7.11 Å². The van der Waals surface area contributed by atoms with Crippen LogP contribution < -0.4 is 9.47 Å². The van der Waals surface area contributed by atoms with Crippen LogP contribution in [0.25, 0.3) is 0 Å². The lowest BCUT2D eigenvalue weighted by Crippen LogP contribution is -2.42. The van der Waals surface area contributed by atoms with Gasteiger partial charge in [0.15, 0.2) is 0 Å². The molecule has 6 heteroatoms. The molecule has 26 heavy (non-hydrogen) atoms. The van der Waals surface area contributed by atoms with Gasteiger partial charge in [-0.1, -0.05) is 24.8 Å². The highest BCUT2D eigenvalue weighted by Gasteiger charge is 2.46. The highest BCUT2D eigenvalue weighted by Crippen LogP contribution is 2.34. The molecule has 0 radical (unpaired) electrons. The highest BCUT2D eigenvalue weighted by molar-refractivity contribution is 5.86. The standard InChI is InChI=1S/C20H18FNO4/c1-4-10-25-16-9-8-14(2)18(12-16)20(13-22,19(23)24-3)26-17-7-5-6-15(21)11-17/h4-9,11-12H,1,10H2,2-3H3. The number of hydrogen-bond donors (Lipinski definition) is 0. The van der Waals surface area contributed by atoms with Gasteiger partial charge in [-0.15, -0.1) is 0 Å².